The number of hydrogen-bond donors (Lipinski definition) is 4. The molecule has 14 atom stereocenters. The molecule has 1 aliphatic carbocycles. The Bertz CT molecular complexity index is 1410. The van der Waals surface area contributed by atoms with Crippen molar-refractivity contribution < 1.29 is 58.6 Å². The van der Waals surface area contributed by atoms with E-state index in [2.05, 4.69) is 0 Å². The number of aliphatic hydroxyl groups excluding tert-OH is 3. The lowest BCUT2D eigenvalue weighted by atomic mass is 9.81. The highest BCUT2D eigenvalue weighted by Crippen LogP contribution is 2.39. The van der Waals surface area contributed by atoms with Crippen LogP contribution in [-0.2, 0) is 38.1 Å². The molecule has 0 radical (unpaired) electrons. The number of methoxy groups -OCH3 is 2. The van der Waals surface area contributed by atoms with Crippen LogP contribution < -0.4 is 0 Å². The molecule has 0 aromatic heterocycles. The molecule has 2 saturated heterocycles. The average Bonchev–Trinajstić information content (AvgIpc) is 3.15. The van der Waals surface area contributed by atoms with Crippen molar-refractivity contribution in [3.63, 3.8) is 0 Å². The molecule has 1 saturated carbocycles. The Hall–Kier alpha value is -2.52. The number of ketones is 2. The van der Waals surface area contributed by atoms with Crippen molar-refractivity contribution in [1.29, 1.82) is 0 Å². The van der Waals surface area contributed by atoms with Crippen molar-refractivity contribution in [3.05, 3.63) is 23.3 Å². The summed E-state index contributed by atoms with van der Waals surface area (Å²) in [5, 5.41) is 44.0. The Labute approximate surface area is 326 Å². The zero-order chi connectivity index (χ0) is 40.8. The summed E-state index contributed by atoms with van der Waals surface area (Å²) in [4.78, 5) is 57.4. The van der Waals surface area contributed by atoms with Gasteiger partial charge < -0.3 is 44.3 Å². The van der Waals surface area contributed by atoms with Crippen molar-refractivity contribution in [2.75, 3.05) is 20.8 Å². The highest BCUT2D eigenvalue weighted by molar-refractivity contribution is 6.39. The van der Waals surface area contributed by atoms with Crippen molar-refractivity contribution in [2.24, 2.45) is 29.6 Å². The standard InChI is InChI=1S/C42H67NO12/c1-9-29-17-23(2)16-24(3)18-35(52-7)38-36(53-8)20-26(5)42(51,55-38)39(48)40(49)43-15-11-10-12-30(43)41(50)54-37(27(6)32(45)22-33(29)46)25(4)19-28-13-14-31(44)34(47)21-28/h17,19,24,26-32,34-38,44-45,47,51H,9-16,18,20-22H2,1-8H3/b23-17-,25-19+. The van der Waals surface area contributed by atoms with Gasteiger partial charge in [-0.2, -0.15) is 0 Å². The Morgan fingerprint density at radius 2 is 1.60 bits per heavy atom. The van der Waals surface area contributed by atoms with Crippen LogP contribution in [0.5, 0.6) is 0 Å². The predicted molar refractivity (Wildman–Crippen MR) is 203 cm³/mol. The third kappa shape index (κ3) is 10.7. The molecule has 0 spiro atoms. The number of hydrogen-bond acceptors (Lipinski definition) is 12. The van der Waals surface area contributed by atoms with Crippen LogP contribution in [0.15, 0.2) is 23.3 Å². The SMILES string of the molecule is CCC1/C=C(/C)CC(C)CC(OC)C2OC(O)(C(=O)C(=O)N3CCCCC3C(=O)OC(/C(C)=C/C3CCC(O)C(O)C3)C(C)C(O)CC1=O)C(C)CC2OC. The van der Waals surface area contributed by atoms with Crippen molar-refractivity contribution >= 4 is 23.4 Å². The van der Waals surface area contributed by atoms with Gasteiger partial charge in [0.1, 0.15) is 24.0 Å². The lowest BCUT2D eigenvalue weighted by molar-refractivity contribution is -0.302. The third-order valence-corrected chi connectivity index (χ3v) is 12.6. The van der Waals surface area contributed by atoms with Crippen molar-refractivity contribution in [1.82, 2.24) is 4.90 Å². The Kier molecular flexibility index (Phi) is 16.2. The van der Waals surface area contributed by atoms with Crippen LogP contribution in [0.25, 0.3) is 0 Å². The number of allylic oxidation sites excluding steroid dienone is 3. The van der Waals surface area contributed by atoms with Gasteiger partial charge in [-0.05, 0) is 95.5 Å². The minimum atomic E-state index is -2.51. The summed E-state index contributed by atoms with van der Waals surface area (Å²) in [5.74, 6) is -7.77. The molecule has 14 unspecified atom stereocenters. The third-order valence-electron chi connectivity index (χ3n) is 12.6. The van der Waals surface area contributed by atoms with Crippen LogP contribution in [0.3, 0.4) is 0 Å². The quantitative estimate of drug-likeness (QED) is 0.180. The molecule has 3 aliphatic heterocycles. The molecule has 13 heteroatoms. The fourth-order valence-corrected chi connectivity index (χ4v) is 9.16. The smallest absolute Gasteiger partial charge is 0.329 e. The highest BCUT2D eigenvalue weighted by atomic mass is 16.7. The molecular weight excluding hydrogens is 710 g/mol. The number of cyclic esters (lactones) is 1. The van der Waals surface area contributed by atoms with Gasteiger partial charge in [-0.3, -0.25) is 14.4 Å². The molecule has 312 valence electrons. The molecule has 0 aromatic rings. The van der Waals surface area contributed by atoms with Gasteiger partial charge in [0, 0.05) is 44.9 Å². The number of piperidine rings is 1. The second kappa shape index (κ2) is 19.8. The number of ether oxygens (including phenoxy) is 4. The number of amides is 1. The lowest BCUT2D eigenvalue weighted by Gasteiger charge is -2.47. The van der Waals surface area contributed by atoms with Gasteiger partial charge in [-0.15, -0.1) is 0 Å². The van der Waals surface area contributed by atoms with Gasteiger partial charge in [-0.1, -0.05) is 45.4 Å². The van der Waals surface area contributed by atoms with Gasteiger partial charge in [-0.25, -0.2) is 4.79 Å². The van der Waals surface area contributed by atoms with E-state index < -0.39 is 90.0 Å². The number of aliphatic hydroxyl groups is 4. The second-order valence-electron chi connectivity index (χ2n) is 16.9. The van der Waals surface area contributed by atoms with E-state index in [0.717, 1.165) is 10.5 Å². The van der Waals surface area contributed by atoms with E-state index in [1.54, 1.807) is 20.8 Å². The summed E-state index contributed by atoms with van der Waals surface area (Å²) in [6.45, 7) is 11.1. The predicted octanol–water partition coefficient (Wildman–Crippen LogP) is 3.82. The number of carbonyl (C=O) groups is 4. The zero-order valence-electron chi connectivity index (χ0n) is 34.1. The molecule has 0 aromatic carbocycles. The molecule has 1 amide bonds. The maximum Gasteiger partial charge on any atom is 0.329 e. The topological polar surface area (TPSA) is 189 Å². The first-order chi connectivity index (χ1) is 25.9. The number of esters is 1. The maximum atomic E-state index is 14.2. The van der Waals surface area contributed by atoms with E-state index in [0.29, 0.717) is 56.9 Å². The molecule has 4 N–H and O–H groups in total. The molecule has 4 rings (SSSR count). The summed E-state index contributed by atoms with van der Waals surface area (Å²) in [7, 11) is 3.05. The molecule has 13 nitrogen and oxygen atoms in total. The summed E-state index contributed by atoms with van der Waals surface area (Å²) < 4.78 is 24.1. The number of fused-ring (bicyclic) bond motifs is 3. The average molecular weight is 778 g/mol. The number of nitrogens with zero attached hydrogens (tertiary/aromatic N) is 1. The largest absolute Gasteiger partial charge is 0.456 e. The van der Waals surface area contributed by atoms with Crippen LogP contribution in [0.2, 0.25) is 0 Å². The molecule has 3 heterocycles. The first kappa shape index (κ1) is 45.2. The Balaban J connectivity index is 1.76. The Morgan fingerprint density at radius 1 is 0.927 bits per heavy atom. The molecule has 4 aliphatic rings. The molecule has 3 fully saturated rings. The minimum absolute atomic E-state index is 0.0285. The molecule has 55 heavy (non-hydrogen) atoms. The van der Waals surface area contributed by atoms with E-state index in [9.17, 15) is 39.6 Å². The summed E-state index contributed by atoms with van der Waals surface area (Å²) in [5.41, 5.74) is 1.59. The van der Waals surface area contributed by atoms with Gasteiger partial charge in [0.2, 0.25) is 5.79 Å². The monoisotopic (exact) mass is 777 g/mol. The normalized spacial score (nSPS) is 42.1. The fraction of sp³-hybridized carbons (Fsp3) is 0.810. The van der Waals surface area contributed by atoms with Crippen LogP contribution in [0.1, 0.15) is 112 Å². The highest BCUT2D eigenvalue weighted by Gasteiger charge is 2.56. The summed E-state index contributed by atoms with van der Waals surface area (Å²) in [6.07, 6.45) is 2.16. The summed E-state index contributed by atoms with van der Waals surface area (Å²) >= 11 is 0. The van der Waals surface area contributed by atoms with Gasteiger partial charge in [0.05, 0.1) is 30.5 Å². The van der Waals surface area contributed by atoms with Gasteiger partial charge >= 0.3 is 5.97 Å². The van der Waals surface area contributed by atoms with Crippen molar-refractivity contribution in [2.45, 2.75) is 167 Å². The van der Waals surface area contributed by atoms with E-state index in [-0.39, 0.29) is 43.4 Å². The first-order valence-electron chi connectivity index (χ1n) is 20.4. The molecule has 2 bridgehead atoms. The number of carbonyl (C=O) groups excluding carboxylic acids is 4. The van der Waals surface area contributed by atoms with Crippen molar-refractivity contribution in [3.8, 4) is 0 Å². The van der Waals surface area contributed by atoms with E-state index in [4.69, 9.17) is 18.9 Å². The van der Waals surface area contributed by atoms with E-state index >= 15 is 0 Å². The maximum absolute atomic E-state index is 14.2. The van der Waals surface area contributed by atoms with Gasteiger partial charge in [0.25, 0.3) is 11.7 Å². The van der Waals surface area contributed by atoms with Crippen LogP contribution in [0.4, 0.5) is 0 Å². The van der Waals surface area contributed by atoms with E-state index in [1.807, 2.05) is 32.9 Å². The summed E-state index contributed by atoms with van der Waals surface area (Å²) in [6, 6.07) is -1.15. The number of Topliss-reactive ketones (excluding diaryl/α,β-unsaturated/α-hetero) is 2. The van der Waals surface area contributed by atoms with E-state index in [1.165, 1.54) is 14.2 Å². The lowest BCUT2D eigenvalue weighted by Crippen LogP contribution is -2.64. The van der Waals surface area contributed by atoms with Gasteiger partial charge in [0.15, 0.2) is 0 Å². The first-order valence-corrected chi connectivity index (χ1v) is 20.4. The Morgan fingerprint density at radius 3 is 2.24 bits per heavy atom. The fourth-order valence-electron chi connectivity index (χ4n) is 9.16. The molecular formula is C42H67NO12. The number of rotatable bonds is 5. The van der Waals surface area contributed by atoms with Crippen LogP contribution in [0, 0.1) is 29.6 Å². The minimum Gasteiger partial charge on any atom is -0.456 e. The second-order valence-corrected chi connectivity index (χ2v) is 16.9. The van der Waals surface area contributed by atoms with Crippen LogP contribution in [-0.4, -0.2) is 124 Å². The van der Waals surface area contributed by atoms with Crippen LogP contribution >= 0.6 is 0 Å². The zero-order valence-corrected chi connectivity index (χ0v) is 34.1.